The van der Waals surface area contributed by atoms with E-state index in [-0.39, 0.29) is 11.7 Å². The number of unbranched alkanes of at least 4 members (excludes halogenated alkanes) is 1. The average Bonchev–Trinajstić information content (AvgIpc) is 1.95. The van der Waals surface area contributed by atoms with Crippen molar-refractivity contribution in [1.82, 2.24) is 4.72 Å². The molecule has 0 atom stereocenters. The molecule has 0 aliphatic heterocycles. The summed E-state index contributed by atoms with van der Waals surface area (Å²) in [6.07, 6.45) is 1.66. The van der Waals surface area contributed by atoms with Gasteiger partial charge in [0.25, 0.3) is 0 Å². The van der Waals surface area contributed by atoms with Crippen molar-refractivity contribution in [3.8, 4) is 0 Å². The molecule has 0 aromatic rings. The normalized spacial score (nSPS) is 12.3. The molecule has 0 rings (SSSR count). The molecule has 3 nitrogen and oxygen atoms in total. The number of halogens is 1. The summed E-state index contributed by atoms with van der Waals surface area (Å²) in [7, 11) is -3.05. The van der Waals surface area contributed by atoms with E-state index in [1.54, 1.807) is 0 Å². The van der Waals surface area contributed by atoms with Crippen LogP contribution in [0.2, 0.25) is 0 Å². The van der Waals surface area contributed by atoms with Crippen molar-refractivity contribution in [2.75, 3.05) is 18.2 Å². The monoisotopic (exact) mass is 227 g/mol. The molecule has 80 valence electrons. The maximum Gasteiger partial charge on any atom is 0.211 e. The molecule has 0 unspecified atom stereocenters. The molecule has 13 heavy (non-hydrogen) atoms. The first-order valence-electron chi connectivity index (χ1n) is 4.51. The number of rotatable bonds is 7. The maximum atomic E-state index is 11.3. The lowest BCUT2D eigenvalue weighted by Gasteiger charge is -2.07. The van der Waals surface area contributed by atoms with E-state index in [0.717, 1.165) is 12.8 Å². The Hall–Kier alpha value is 0.200. The quantitative estimate of drug-likeness (QED) is 0.530. The molecule has 0 aliphatic rings. The Morgan fingerprint density at radius 3 is 2.38 bits per heavy atom. The van der Waals surface area contributed by atoms with Crippen LogP contribution >= 0.6 is 11.6 Å². The van der Waals surface area contributed by atoms with Gasteiger partial charge >= 0.3 is 0 Å². The third-order valence-corrected chi connectivity index (χ3v) is 3.45. The zero-order valence-corrected chi connectivity index (χ0v) is 9.79. The minimum absolute atomic E-state index is 0.172. The predicted molar refractivity (Wildman–Crippen MR) is 56.6 cm³/mol. The van der Waals surface area contributed by atoms with Crippen LogP contribution in [0.3, 0.4) is 0 Å². The fourth-order valence-electron chi connectivity index (χ4n) is 0.945. The van der Waals surface area contributed by atoms with E-state index in [9.17, 15) is 8.42 Å². The maximum absolute atomic E-state index is 11.3. The molecule has 0 heterocycles. The molecule has 0 spiro atoms. The fourth-order valence-corrected chi connectivity index (χ4v) is 2.58. The van der Waals surface area contributed by atoms with Crippen molar-refractivity contribution in [2.24, 2.45) is 5.92 Å². The van der Waals surface area contributed by atoms with Gasteiger partial charge in [0.15, 0.2) is 0 Å². The van der Waals surface area contributed by atoms with Gasteiger partial charge in [-0.25, -0.2) is 13.1 Å². The second kappa shape index (κ2) is 6.62. The molecule has 1 N–H and O–H groups in total. The number of hydrogen-bond donors (Lipinski definition) is 1. The Morgan fingerprint density at radius 2 is 1.92 bits per heavy atom. The third kappa shape index (κ3) is 8.53. The zero-order chi connectivity index (χ0) is 10.3. The van der Waals surface area contributed by atoms with Gasteiger partial charge < -0.3 is 0 Å². The smallest absolute Gasteiger partial charge is 0.211 e. The fraction of sp³-hybridized carbons (Fsp3) is 1.00. The van der Waals surface area contributed by atoms with Gasteiger partial charge in [-0.3, -0.25) is 0 Å². The van der Waals surface area contributed by atoms with E-state index >= 15 is 0 Å². The van der Waals surface area contributed by atoms with Crippen LogP contribution in [0, 0.1) is 5.92 Å². The molecule has 0 aromatic heterocycles. The Labute approximate surface area is 85.9 Å². The van der Waals surface area contributed by atoms with E-state index in [4.69, 9.17) is 11.6 Å². The van der Waals surface area contributed by atoms with Crippen LogP contribution in [0.1, 0.15) is 26.7 Å². The highest BCUT2D eigenvalue weighted by atomic mass is 35.5. The highest BCUT2D eigenvalue weighted by molar-refractivity contribution is 7.89. The summed E-state index contributed by atoms with van der Waals surface area (Å²) in [6.45, 7) is 4.28. The first-order chi connectivity index (χ1) is 5.98. The summed E-state index contributed by atoms with van der Waals surface area (Å²) in [5.41, 5.74) is 0. The number of sulfonamides is 1. The van der Waals surface area contributed by atoms with Gasteiger partial charge in [0.2, 0.25) is 10.0 Å². The van der Waals surface area contributed by atoms with Crippen LogP contribution in [-0.4, -0.2) is 26.6 Å². The van der Waals surface area contributed by atoms with E-state index in [2.05, 4.69) is 4.72 Å². The summed E-state index contributed by atoms with van der Waals surface area (Å²) in [6, 6.07) is 0. The summed E-state index contributed by atoms with van der Waals surface area (Å²) in [4.78, 5) is 0. The van der Waals surface area contributed by atoms with Crippen LogP contribution in [0.15, 0.2) is 0 Å². The van der Waals surface area contributed by atoms with Crippen LogP contribution in [0.4, 0.5) is 0 Å². The SMILES string of the molecule is CC(C)CS(=O)(=O)NCCCCCl. The lowest BCUT2D eigenvalue weighted by atomic mass is 10.3. The summed E-state index contributed by atoms with van der Waals surface area (Å²) in [5, 5.41) is 0. The van der Waals surface area contributed by atoms with Crippen molar-refractivity contribution in [3.05, 3.63) is 0 Å². The number of alkyl halides is 1. The Bertz CT molecular complexity index is 214. The van der Waals surface area contributed by atoms with Gasteiger partial charge in [-0.2, -0.15) is 0 Å². The number of hydrogen-bond acceptors (Lipinski definition) is 2. The minimum Gasteiger partial charge on any atom is -0.215 e. The zero-order valence-electron chi connectivity index (χ0n) is 8.22. The molecule has 0 radical (unpaired) electrons. The lowest BCUT2D eigenvalue weighted by molar-refractivity contribution is 0.565. The van der Waals surface area contributed by atoms with E-state index in [0.29, 0.717) is 12.4 Å². The first kappa shape index (κ1) is 13.2. The van der Waals surface area contributed by atoms with E-state index in [1.807, 2.05) is 13.8 Å². The van der Waals surface area contributed by atoms with Crippen LogP contribution in [0.5, 0.6) is 0 Å². The molecular weight excluding hydrogens is 210 g/mol. The van der Waals surface area contributed by atoms with Gasteiger partial charge in [0.05, 0.1) is 5.75 Å². The summed E-state index contributed by atoms with van der Waals surface area (Å²) < 4.78 is 25.1. The predicted octanol–water partition coefficient (Wildman–Crippen LogP) is 1.58. The van der Waals surface area contributed by atoms with Crippen molar-refractivity contribution >= 4 is 21.6 Å². The van der Waals surface area contributed by atoms with Crippen LogP contribution in [-0.2, 0) is 10.0 Å². The Balaban J connectivity index is 3.64. The Kier molecular flexibility index (Phi) is 6.73. The van der Waals surface area contributed by atoms with Crippen molar-refractivity contribution < 1.29 is 8.42 Å². The van der Waals surface area contributed by atoms with Crippen molar-refractivity contribution in [1.29, 1.82) is 0 Å². The molecule has 0 bridgehead atoms. The van der Waals surface area contributed by atoms with Gasteiger partial charge in [-0.1, -0.05) is 13.8 Å². The molecular formula is C8H18ClNO2S. The molecule has 0 saturated heterocycles. The molecule has 0 saturated carbocycles. The van der Waals surface area contributed by atoms with Gasteiger partial charge in [0.1, 0.15) is 0 Å². The first-order valence-corrected chi connectivity index (χ1v) is 6.70. The average molecular weight is 228 g/mol. The highest BCUT2D eigenvalue weighted by Gasteiger charge is 2.10. The van der Waals surface area contributed by atoms with E-state index in [1.165, 1.54) is 0 Å². The summed E-state index contributed by atoms with van der Waals surface area (Å²) in [5.74, 6) is 0.963. The van der Waals surface area contributed by atoms with Crippen LogP contribution in [0.25, 0.3) is 0 Å². The lowest BCUT2D eigenvalue weighted by Crippen LogP contribution is -2.29. The largest absolute Gasteiger partial charge is 0.215 e. The minimum atomic E-state index is -3.05. The topological polar surface area (TPSA) is 46.2 Å². The number of nitrogens with one attached hydrogen (secondary N) is 1. The standard InChI is InChI=1S/C8H18ClNO2S/c1-8(2)7-13(11,12)10-6-4-3-5-9/h8,10H,3-7H2,1-2H3. The molecule has 5 heteroatoms. The third-order valence-electron chi connectivity index (χ3n) is 1.44. The molecule has 0 aliphatic carbocycles. The van der Waals surface area contributed by atoms with Gasteiger partial charge in [-0.05, 0) is 18.8 Å². The Morgan fingerprint density at radius 1 is 1.31 bits per heavy atom. The van der Waals surface area contributed by atoms with E-state index < -0.39 is 10.0 Å². The summed E-state index contributed by atoms with van der Waals surface area (Å²) >= 11 is 5.46. The molecule has 0 aromatic carbocycles. The second-order valence-electron chi connectivity index (χ2n) is 3.47. The van der Waals surface area contributed by atoms with Crippen molar-refractivity contribution in [3.63, 3.8) is 0 Å². The highest BCUT2D eigenvalue weighted by Crippen LogP contribution is 1.98. The second-order valence-corrected chi connectivity index (χ2v) is 5.70. The van der Waals surface area contributed by atoms with Crippen molar-refractivity contribution in [2.45, 2.75) is 26.7 Å². The molecule has 0 fully saturated rings. The van der Waals surface area contributed by atoms with Crippen LogP contribution < -0.4 is 4.72 Å². The van der Waals surface area contributed by atoms with Gasteiger partial charge in [-0.15, -0.1) is 11.6 Å². The molecule has 0 amide bonds. The van der Waals surface area contributed by atoms with Gasteiger partial charge in [0, 0.05) is 12.4 Å².